The van der Waals surface area contributed by atoms with Gasteiger partial charge in [-0.05, 0) is 31.9 Å². The molecule has 1 N–H and O–H groups in total. The van der Waals surface area contributed by atoms with Gasteiger partial charge in [-0.1, -0.05) is 11.3 Å². The Labute approximate surface area is 177 Å². The van der Waals surface area contributed by atoms with E-state index < -0.39 is 0 Å². The van der Waals surface area contributed by atoms with Crippen LogP contribution in [-0.4, -0.2) is 47.8 Å². The number of nitrogens with zero attached hydrogens (tertiary/aromatic N) is 4. The van der Waals surface area contributed by atoms with Gasteiger partial charge in [0, 0.05) is 30.9 Å². The minimum atomic E-state index is -0.205. The SMILES string of the molecule is COc1ccc(NC(=O)[C@@H]2CCCN(c3nn4c(=O)cc(C)nc4s3)C2)c(OC)c1. The highest BCUT2D eigenvalue weighted by Crippen LogP contribution is 2.31. The molecular formula is C20H23N5O4S. The molecule has 10 heteroatoms. The van der Waals surface area contributed by atoms with Crippen LogP contribution in [0.2, 0.25) is 0 Å². The second-order valence-corrected chi connectivity index (χ2v) is 8.09. The van der Waals surface area contributed by atoms with Crippen LogP contribution in [0.1, 0.15) is 18.5 Å². The Bertz CT molecular complexity index is 1140. The average Bonchev–Trinajstić information content (AvgIpc) is 3.18. The molecule has 4 rings (SSSR count). The number of aromatic nitrogens is 3. The van der Waals surface area contributed by atoms with Gasteiger partial charge < -0.3 is 19.7 Å². The summed E-state index contributed by atoms with van der Waals surface area (Å²) in [7, 11) is 3.13. The summed E-state index contributed by atoms with van der Waals surface area (Å²) in [5.41, 5.74) is 1.07. The molecule has 1 saturated heterocycles. The number of amides is 1. The third kappa shape index (κ3) is 3.95. The first-order valence-corrected chi connectivity index (χ1v) is 10.5. The molecule has 158 valence electrons. The Morgan fingerprint density at radius 3 is 2.87 bits per heavy atom. The minimum Gasteiger partial charge on any atom is -0.497 e. The maximum absolute atomic E-state index is 12.9. The van der Waals surface area contributed by atoms with E-state index in [0.717, 1.165) is 19.4 Å². The summed E-state index contributed by atoms with van der Waals surface area (Å²) in [6, 6.07) is 6.74. The molecule has 9 nitrogen and oxygen atoms in total. The van der Waals surface area contributed by atoms with Crippen LogP contribution in [0.15, 0.2) is 29.1 Å². The molecule has 1 aliphatic heterocycles. The number of methoxy groups -OCH3 is 2. The average molecular weight is 430 g/mol. The molecule has 0 bridgehead atoms. The highest BCUT2D eigenvalue weighted by molar-refractivity contribution is 7.20. The first-order chi connectivity index (χ1) is 14.5. The lowest BCUT2D eigenvalue weighted by atomic mass is 9.97. The number of fused-ring (bicyclic) bond motifs is 1. The number of hydrogen-bond donors (Lipinski definition) is 1. The summed E-state index contributed by atoms with van der Waals surface area (Å²) >= 11 is 1.36. The van der Waals surface area contributed by atoms with Crippen molar-refractivity contribution in [2.45, 2.75) is 19.8 Å². The number of rotatable bonds is 5. The Morgan fingerprint density at radius 1 is 1.27 bits per heavy atom. The Balaban J connectivity index is 1.51. The molecule has 2 aromatic heterocycles. The topological polar surface area (TPSA) is 98.1 Å². The molecule has 1 atom stereocenters. The van der Waals surface area contributed by atoms with E-state index in [0.29, 0.717) is 39.5 Å². The van der Waals surface area contributed by atoms with Gasteiger partial charge in [-0.15, -0.1) is 5.10 Å². The molecular weight excluding hydrogens is 406 g/mol. The van der Waals surface area contributed by atoms with Crippen molar-refractivity contribution in [3.63, 3.8) is 0 Å². The van der Waals surface area contributed by atoms with Crippen LogP contribution >= 0.6 is 11.3 Å². The van der Waals surface area contributed by atoms with Crippen LogP contribution in [0, 0.1) is 12.8 Å². The van der Waals surface area contributed by atoms with Gasteiger partial charge in [-0.3, -0.25) is 9.59 Å². The van der Waals surface area contributed by atoms with E-state index in [2.05, 4.69) is 15.4 Å². The fourth-order valence-electron chi connectivity index (χ4n) is 3.54. The highest BCUT2D eigenvalue weighted by atomic mass is 32.1. The van der Waals surface area contributed by atoms with Gasteiger partial charge in [-0.2, -0.15) is 4.52 Å². The minimum absolute atomic E-state index is 0.0737. The normalized spacial score (nSPS) is 16.5. The molecule has 3 aromatic rings. The Morgan fingerprint density at radius 2 is 2.10 bits per heavy atom. The molecule has 0 aliphatic carbocycles. The van der Waals surface area contributed by atoms with Gasteiger partial charge >= 0.3 is 0 Å². The van der Waals surface area contributed by atoms with Crippen LogP contribution in [0.5, 0.6) is 11.5 Å². The number of hydrogen-bond acceptors (Lipinski definition) is 8. The summed E-state index contributed by atoms with van der Waals surface area (Å²) in [4.78, 5) is 32.1. The highest BCUT2D eigenvalue weighted by Gasteiger charge is 2.28. The number of carbonyl (C=O) groups excluding carboxylic acids is 1. The standard InChI is InChI=1S/C20H23N5O4S/c1-12-9-17(26)25-19(21-12)30-20(23-25)24-8-4-5-13(11-24)18(27)22-15-7-6-14(28-2)10-16(15)29-3/h6-7,9-10,13H,4-5,8,11H2,1-3H3,(H,22,27)/t13-/m1/s1. The summed E-state index contributed by atoms with van der Waals surface area (Å²) in [5.74, 6) is 0.922. The van der Waals surface area contributed by atoms with Crippen molar-refractivity contribution in [2.75, 3.05) is 37.5 Å². The number of carbonyl (C=O) groups is 1. The number of benzene rings is 1. The van der Waals surface area contributed by atoms with Gasteiger partial charge in [0.1, 0.15) is 11.5 Å². The maximum atomic E-state index is 12.9. The fraction of sp³-hybridized carbons (Fsp3) is 0.400. The maximum Gasteiger partial charge on any atom is 0.275 e. The van der Waals surface area contributed by atoms with Crippen molar-refractivity contribution < 1.29 is 14.3 Å². The van der Waals surface area contributed by atoms with Crippen LogP contribution in [0.25, 0.3) is 4.96 Å². The molecule has 30 heavy (non-hydrogen) atoms. The largest absolute Gasteiger partial charge is 0.497 e. The lowest BCUT2D eigenvalue weighted by Crippen LogP contribution is -2.40. The summed E-state index contributed by atoms with van der Waals surface area (Å²) in [6.45, 7) is 3.09. The number of piperidine rings is 1. The summed E-state index contributed by atoms with van der Waals surface area (Å²) < 4.78 is 11.9. The van der Waals surface area contributed by atoms with E-state index >= 15 is 0 Å². The monoisotopic (exact) mass is 429 g/mol. The third-order valence-electron chi connectivity index (χ3n) is 5.09. The number of ether oxygens (including phenoxy) is 2. The van der Waals surface area contributed by atoms with Crippen molar-refractivity contribution in [1.82, 2.24) is 14.6 Å². The first kappa shape index (κ1) is 20.1. The lowest BCUT2D eigenvalue weighted by Gasteiger charge is -2.31. The van der Waals surface area contributed by atoms with Crippen molar-refractivity contribution in [3.8, 4) is 11.5 Å². The van der Waals surface area contributed by atoms with Crippen LogP contribution in [0.4, 0.5) is 10.8 Å². The molecule has 1 amide bonds. The van der Waals surface area contributed by atoms with Gasteiger partial charge in [0.2, 0.25) is 16.0 Å². The van der Waals surface area contributed by atoms with Crippen molar-refractivity contribution in [1.29, 1.82) is 0 Å². The zero-order chi connectivity index (χ0) is 21.3. The van der Waals surface area contributed by atoms with Gasteiger partial charge in [0.15, 0.2) is 0 Å². The van der Waals surface area contributed by atoms with Crippen LogP contribution in [0.3, 0.4) is 0 Å². The van der Waals surface area contributed by atoms with Crippen molar-refractivity contribution in [3.05, 3.63) is 40.3 Å². The van der Waals surface area contributed by atoms with Gasteiger partial charge in [0.25, 0.3) is 5.56 Å². The molecule has 0 unspecified atom stereocenters. The van der Waals surface area contributed by atoms with Crippen LogP contribution in [-0.2, 0) is 4.79 Å². The van der Waals surface area contributed by atoms with Gasteiger partial charge in [-0.25, -0.2) is 4.98 Å². The van der Waals surface area contributed by atoms with Crippen molar-refractivity contribution >= 4 is 33.0 Å². The second kappa shape index (κ2) is 8.31. The quantitative estimate of drug-likeness (QED) is 0.665. The Hall–Kier alpha value is -3.14. The molecule has 0 radical (unpaired) electrons. The molecule has 0 spiro atoms. The fourth-order valence-corrected chi connectivity index (χ4v) is 4.53. The molecule has 3 heterocycles. The summed E-state index contributed by atoms with van der Waals surface area (Å²) in [5, 5.41) is 8.09. The zero-order valence-corrected chi connectivity index (χ0v) is 17.9. The predicted molar refractivity (Wildman–Crippen MR) is 115 cm³/mol. The second-order valence-electron chi connectivity index (χ2n) is 7.16. The van der Waals surface area contributed by atoms with E-state index in [-0.39, 0.29) is 17.4 Å². The van der Waals surface area contributed by atoms with Gasteiger partial charge in [0.05, 0.1) is 25.8 Å². The van der Waals surface area contributed by atoms with E-state index in [1.54, 1.807) is 39.3 Å². The van der Waals surface area contributed by atoms with E-state index in [1.807, 2.05) is 4.90 Å². The predicted octanol–water partition coefficient (Wildman–Crippen LogP) is 2.33. The number of aryl methyl sites for hydroxylation is 1. The van der Waals surface area contributed by atoms with E-state index in [4.69, 9.17) is 9.47 Å². The van der Waals surface area contributed by atoms with Crippen LogP contribution < -0.4 is 25.2 Å². The zero-order valence-electron chi connectivity index (χ0n) is 17.0. The molecule has 1 aromatic carbocycles. The molecule has 1 aliphatic rings. The van der Waals surface area contributed by atoms with E-state index in [9.17, 15) is 9.59 Å². The lowest BCUT2D eigenvalue weighted by molar-refractivity contribution is -0.120. The summed E-state index contributed by atoms with van der Waals surface area (Å²) in [6.07, 6.45) is 1.64. The smallest absolute Gasteiger partial charge is 0.275 e. The Kier molecular flexibility index (Phi) is 5.58. The number of nitrogens with one attached hydrogen (secondary N) is 1. The van der Waals surface area contributed by atoms with Crippen molar-refractivity contribution in [2.24, 2.45) is 5.92 Å². The first-order valence-electron chi connectivity index (χ1n) is 9.64. The molecule has 0 saturated carbocycles. The number of anilines is 2. The molecule has 1 fully saturated rings. The third-order valence-corrected chi connectivity index (χ3v) is 6.06. The van der Waals surface area contributed by atoms with E-state index in [1.165, 1.54) is 21.9 Å².